The van der Waals surface area contributed by atoms with Gasteiger partial charge in [-0.15, -0.1) is 0 Å². The Morgan fingerprint density at radius 2 is 2.00 bits per heavy atom. The molecule has 0 N–H and O–H groups in total. The number of carbonyl (C=O) groups is 1. The Labute approximate surface area is 101 Å². The van der Waals surface area contributed by atoms with E-state index in [-0.39, 0.29) is 10.7 Å². The summed E-state index contributed by atoms with van der Waals surface area (Å²) in [4.78, 5) is 13.9. The molecule has 3 heteroatoms. The second kappa shape index (κ2) is 4.08. The summed E-state index contributed by atoms with van der Waals surface area (Å²) in [6.07, 6.45) is 7.95. The third-order valence-corrected chi connectivity index (χ3v) is 4.77. The molecule has 2 rings (SSSR count). The van der Waals surface area contributed by atoms with Crippen LogP contribution in [-0.2, 0) is 4.79 Å². The van der Waals surface area contributed by atoms with Crippen molar-refractivity contribution in [1.82, 2.24) is 4.90 Å². The minimum absolute atomic E-state index is 0.0402. The molecule has 0 aliphatic heterocycles. The number of carbonyl (C=O) groups excluding carboxylic acids is 1. The lowest BCUT2D eigenvalue weighted by Crippen LogP contribution is -2.55. The minimum atomic E-state index is -0.0402. The Kier molecular flexibility index (Phi) is 3.11. The van der Waals surface area contributed by atoms with E-state index in [1.54, 1.807) is 0 Å². The van der Waals surface area contributed by atoms with Gasteiger partial charge in [0.15, 0.2) is 0 Å². The first-order valence-corrected chi connectivity index (χ1v) is 6.89. The molecule has 0 heterocycles. The lowest BCUT2D eigenvalue weighted by molar-refractivity contribution is -0.138. The molecule has 15 heavy (non-hydrogen) atoms. The number of halogens is 1. The van der Waals surface area contributed by atoms with Crippen molar-refractivity contribution in [3.05, 3.63) is 0 Å². The van der Waals surface area contributed by atoms with Gasteiger partial charge >= 0.3 is 0 Å². The van der Waals surface area contributed by atoms with Crippen LogP contribution in [0, 0.1) is 5.41 Å². The van der Waals surface area contributed by atoms with E-state index in [1.165, 1.54) is 38.5 Å². The monoisotopic (exact) mass is 273 g/mol. The Morgan fingerprint density at radius 3 is 2.40 bits per heavy atom. The summed E-state index contributed by atoms with van der Waals surface area (Å²) < 4.78 is 0. The molecule has 2 saturated carbocycles. The highest BCUT2D eigenvalue weighted by molar-refractivity contribution is 9.10. The van der Waals surface area contributed by atoms with E-state index < -0.39 is 0 Å². The molecule has 2 nitrogen and oxygen atoms in total. The van der Waals surface area contributed by atoms with Crippen LogP contribution in [0.5, 0.6) is 0 Å². The topological polar surface area (TPSA) is 20.3 Å². The summed E-state index contributed by atoms with van der Waals surface area (Å²) in [6, 6.07) is 0.521. The van der Waals surface area contributed by atoms with E-state index in [1.807, 2.05) is 18.9 Å². The molecule has 0 saturated heterocycles. The summed E-state index contributed by atoms with van der Waals surface area (Å²) in [5, 5.41) is 0. The van der Waals surface area contributed by atoms with Crippen molar-refractivity contribution >= 4 is 21.8 Å². The molecule has 1 spiro atoms. The number of rotatable bonds is 2. The van der Waals surface area contributed by atoms with Crippen LogP contribution < -0.4 is 0 Å². The molecule has 2 aliphatic carbocycles. The van der Waals surface area contributed by atoms with E-state index in [0.717, 1.165) is 0 Å². The minimum Gasteiger partial charge on any atom is -0.341 e. The normalized spacial score (nSPS) is 29.9. The number of nitrogens with zero attached hydrogens (tertiary/aromatic N) is 1. The molecule has 2 fully saturated rings. The van der Waals surface area contributed by atoms with Crippen molar-refractivity contribution in [3.63, 3.8) is 0 Å². The first-order valence-electron chi connectivity index (χ1n) is 5.97. The van der Waals surface area contributed by atoms with Gasteiger partial charge in [0.25, 0.3) is 0 Å². The Bertz CT molecular complexity index is 258. The Balaban J connectivity index is 2.02. The maximum atomic E-state index is 11.9. The van der Waals surface area contributed by atoms with Crippen LogP contribution in [0.25, 0.3) is 0 Å². The highest BCUT2D eigenvalue weighted by atomic mass is 79.9. The summed E-state index contributed by atoms with van der Waals surface area (Å²) in [6.45, 7) is 1.92. The number of hydrogen-bond donors (Lipinski definition) is 0. The van der Waals surface area contributed by atoms with Gasteiger partial charge in [0.2, 0.25) is 5.91 Å². The molecule has 0 aromatic heterocycles. The lowest BCUT2D eigenvalue weighted by atomic mass is 9.62. The van der Waals surface area contributed by atoms with E-state index in [0.29, 0.717) is 11.5 Å². The summed E-state index contributed by atoms with van der Waals surface area (Å²) in [5.41, 5.74) is 0.506. The zero-order valence-electron chi connectivity index (χ0n) is 9.63. The van der Waals surface area contributed by atoms with Crippen LogP contribution >= 0.6 is 15.9 Å². The summed E-state index contributed by atoms with van der Waals surface area (Å²) in [5.74, 6) is 0.242. The molecule has 0 bridgehead atoms. The van der Waals surface area contributed by atoms with Crippen molar-refractivity contribution in [2.75, 3.05) is 7.05 Å². The predicted molar refractivity (Wildman–Crippen MR) is 65.1 cm³/mol. The van der Waals surface area contributed by atoms with Crippen LogP contribution in [0.1, 0.15) is 45.4 Å². The van der Waals surface area contributed by atoms with Gasteiger partial charge in [0.05, 0.1) is 4.83 Å². The number of alkyl halides is 1. The molecule has 1 amide bonds. The predicted octanol–water partition coefficient (Wildman–Crippen LogP) is 2.95. The fourth-order valence-electron chi connectivity index (χ4n) is 3.38. The second-order valence-electron chi connectivity index (χ2n) is 5.19. The Morgan fingerprint density at radius 1 is 1.40 bits per heavy atom. The average Bonchev–Trinajstić information content (AvgIpc) is 2.65. The van der Waals surface area contributed by atoms with Crippen LogP contribution in [-0.4, -0.2) is 28.7 Å². The standard InChI is InChI=1S/C12H20BrNO/c1-9(13)11(15)14(2)10-5-8-12(10)6-3-4-7-12/h9-10H,3-8H2,1-2H3. The molecular formula is C12H20BrNO. The average molecular weight is 274 g/mol. The quantitative estimate of drug-likeness (QED) is 0.709. The van der Waals surface area contributed by atoms with Gasteiger partial charge in [0, 0.05) is 13.1 Å². The van der Waals surface area contributed by atoms with E-state index in [4.69, 9.17) is 0 Å². The van der Waals surface area contributed by atoms with Gasteiger partial charge in [-0.2, -0.15) is 0 Å². The van der Waals surface area contributed by atoms with E-state index in [9.17, 15) is 4.79 Å². The van der Waals surface area contributed by atoms with Crippen molar-refractivity contribution in [2.24, 2.45) is 5.41 Å². The second-order valence-corrected chi connectivity index (χ2v) is 6.56. The number of amides is 1. The maximum absolute atomic E-state index is 11.9. The van der Waals surface area contributed by atoms with Gasteiger partial charge in [-0.3, -0.25) is 4.79 Å². The van der Waals surface area contributed by atoms with Crippen LogP contribution in [0.3, 0.4) is 0 Å². The summed E-state index contributed by atoms with van der Waals surface area (Å²) in [7, 11) is 1.98. The first-order chi connectivity index (χ1) is 7.07. The molecule has 0 aromatic carbocycles. The zero-order chi connectivity index (χ0) is 11.1. The molecule has 2 aliphatic rings. The third kappa shape index (κ3) is 1.83. The van der Waals surface area contributed by atoms with Crippen LogP contribution in [0.4, 0.5) is 0 Å². The van der Waals surface area contributed by atoms with Gasteiger partial charge < -0.3 is 4.90 Å². The third-order valence-electron chi connectivity index (χ3n) is 4.38. The fourth-order valence-corrected chi connectivity index (χ4v) is 3.71. The fraction of sp³-hybridized carbons (Fsp3) is 0.917. The molecule has 86 valence electrons. The van der Waals surface area contributed by atoms with Crippen LogP contribution in [0.2, 0.25) is 0 Å². The molecule has 0 radical (unpaired) electrons. The van der Waals surface area contributed by atoms with Gasteiger partial charge in [-0.05, 0) is 38.0 Å². The first kappa shape index (κ1) is 11.4. The lowest BCUT2D eigenvalue weighted by Gasteiger charge is -2.52. The van der Waals surface area contributed by atoms with Crippen molar-refractivity contribution < 1.29 is 4.79 Å². The zero-order valence-corrected chi connectivity index (χ0v) is 11.2. The van der Waals surface area contributed by atoms with Gasteiger partial charge in [0.1, 0.15) is 0 Å². The molecule has 2 unspecified atom stereocenters. The maximum Gasteiger partial charge on any atom is 0.236 e. The highest BCUT2D eigenvalue weighted by Gasteiger charge is 2.50. The van der Waals surface area contributed by atoms with Crippen LogP contribution in [0.15, 0.2) is 0 Å². The Hall–Kier alpha value is -0.0500. The SMILES string of the molecule is CC(Br)C(=O)N(C)C1CCC12CCCC2. The van der Waals surface area contributed by atoms with Crippen molar-refractivity contribution in [2.45, 2.75) is 56.3 Å². The molecule has 2 atom stereocenters. The van der Waals surface area contributed by atoms with E-state index in [2.05, 4.69) is 15.9 Å². The number of hydrogen-bond acceptors (Lipinski definition) is 1. The van der Waals surface area contributed by atoms with Crippen molar-refractivity contribution in [1.29, 1.82) is 0 Å². The molecular weight excluding hydrogens is 254 g/mol. The summed E-state index contributed by atoms with van der Waals surface area (Å²) >= 11 is 3.37. The van der Waals surface area contributed by atoms with E-state index >= 15 is 0 Å². The van der Waals surface area contributed by atoms with Gasteiger partial charge in [-0.25, -0.2) is 0 Å². The molecule has 0 aromatic rings. The smallest absolute Gasteiger partial charge is 0.236 e. The largest absolute Gasteiger partial charge is 0.341 e. The van der Waals surface area contributed by atoms with Crippen molar-refractivity contribution in [3.8, 4) is 0 Å². The van der Waals surface area contributed by atoms with Gasteiger partial charge in [-0.1, -0.05) is 28.8 Å². The highest BCUT2D eigenvalue weighted by Crippen LogP contribution is 2.55.